The molecular formula is C8H7Cl2NOS. The van der Waals surface area contributed by atoms with E-state index in [1.807, 2.05) is 0 Å². The molecule has 5 heteroatoms. The summed E-state index contributed by atoms with van der Waals surface area (Å²) in [4.78, 5) is 0. The van der Waals surface area contributed by atoms with Crippen molar-refractivity contribution in [3.8, 4) is 0 Å². The van der Waals surface area contributed by atoms with Crippen molar-refractivity contribution in [3.05, 3.63) is 33.8 Å². The third kappa shape index (κ3) is 3.46. The Labute approximate surface area is 89.2 Å². The largest absolute Gasteiger partial charge is 0.235 e. The molecule has 0 aliphatic heterocycles. The van der Waals surface area contributed by atoms with Gasteiger partial charge >= 0.3 is 0 Å². The molecule has 0 spiro atoms. The predicted molar refractivity (Wildman–Crippen MR) is 58.1 cm³/mol. The van der Waals surface area contributed by atoms with Crippen molar-refractivity contribution < 1.29 is 4.21 Å². The van der Waals surface area contributed by atoms with Crippen molar-refractivity contribution in [2.75, 3.05) is 6.26 Å². The fraction of sp³-hybridized carbons (Fsp3) is 0.125. The highest BCUT2D eigenvalue weighted by Gasteiger charge is 1.96. The van der Waals surface area contributed by atoms with Gasteiger partial charge in [0.15, 0.2) is 0 Å². The van der Waals surface area contributed by atoms with E-state index in [0.717, 1.165) is 5.56 Å². The van der Waals surface area contributed by atoms with Gasteiger partial charge in [-0.2, -0.15) is 4.40 Å². The van der Waals surface area contributed by atoms with E-state index < -0.39 is 11.0 Å². The van der Waals surface area contributed by atoms with Crippen LogP contribution in [0.3, 0.4) is 0 Å². The van der Waals surface area contributed by atoms with Gasteiger partial charge in [-0.15, -0.1) is 0 Å². The van der Waals surface area contributed by atoms with Crippen LogP contribution in [0.5, 0.6) is 0 Å². The third-order valence-electron chi connectivity index (χ3n) is 1.29. The lowest BCUT2D eigenvalue weighted by Crippen LogP contribution is -1.84. The number of hydrogen-bond acceptors (Lipinski definition) is 1. The smallest absolute Gasteiger partial charge is 0.136 e. The van der Waals surface area contributed by atoms with Crippen molar-refractivity contribution in [1.82, 2.24) is 0 Å². The number of halogens is 2. The highest BCUT2D eigenvalue weighted by Crippen LogP contribution is 2.21. The molecule has 0 radical (unpaired) electrons. The van der Waals surface area contributed by atoms with E-state index in [0.29, 0.717) is 10.0 Å². The molecule has 70 valence electrons. The second-order valence-electron chi connectivity index (χ2n) is 2.33. The monoisotopic (exact) mass is 235 g/mol. The third-order valence-corrected chi connectivity index (χ3v) is 2.44. The lowest BCUT2D eigenvalue weighted by Gasteiger charge is -1.95. The second kappa shape index (κ2) is 4.74. The summed E-state index contributed by atoms with van der Waals surface area (Å²) in [5, 5.41) is 0.962. The van der Waals surface area contributed by atoms with Crippen molar-refractivity contribution >= 4 is 40.4 Å². The molecular weight excluding hydrogens is 229 g/mol. The van der Waals surface area contributed by atoms with Crippen LogP contribution < -0.4 is 0 Å². The molecule has 0 heterocycles. The van der Waals surface area contributed by atoms with E-state index in [9.17, 15) is 4.21 Å². The zero-order valence-electron chi connectivity index (χ0n) is 6.83. The van der Waals surface area contributed by atoms with Crippen LogP contribution >= 0.6 is 23.2 Å². The SMILES string of the molecule is CS(=O)N=Cc1ccc(Cl)c(Cl)c1. The van der Waals surface area contributed by atoms with E-state index in [1.165, 1.54) is 12.5 Å². The topological polar surface area (TPSA) is 29.4 Å². The molecule has 2 nitrogen and oxygen atoms in total. The minimum atomic E-state index is -1.18. The molecule has 1 aromatic rings. The van der Waals surface area contributed by atoms with Crippen LogP contribution in [0.15, 0.2) is 22.6 Å². The van der Waals surface area contributed by atoms with Gasteiger partial charge in [-0.25, -0.2) is 4.21 Å². The first-order valence-electron chi connectivity index (χ1n) is 3.42. The quantitative estimate of drug-likeness (QED) is 0.726. The first-order chi connectivity index (χ1) is 6.09. The van der Waals surface area contributed by atoms with Crippen molar-refractivity contribution in [3.63, 3.8) is 0 Å². The maximum Gasteiger partial charge on any atom is 0.136 e. The molecule has 1 unspecified atom stereocenters. The Kier molecular flexibility index (Phi) is 3.90. The highest BCUT2D eigenvalue weighted by atomic mass is 35.5. The van der Waals surface area contributed by atoms with Crippen LogP contribution in [0.1, 0.15) is 5.56 Å². The lowest BCUT2D eigenvalue weighted by atomic mass is 10.2. The molecule has 0 aliphatic carbocycles. The fourth-order valence-electron chi connectivity index (χ4n) is 0.728. The summed E-state index contributed by atoms with van der Waals surface area (Å²) in [6.07, 6.45) is 2.99. The Morgan fingerprint density at radius 1 is 1.38 bits per heavy atom. The summed E-state index contributed by atoms with van der Waals surface area (Å²) >= 11 is 11.5. The first-order valence-corrected chi connectivity index (χ1v) is 5.69. The Balaban J connectivity index is 2.92. The molecule has 0 N–H and O–H groups in total. The maximum absolute atomic E-state index is 10.6. The molecule has 0 aliphatic rings. The van der Waals surface area contributed by atoms with Crippen LogP contribution in [0.2, 0.25) is 10.0 Å². The standard InChI is InChI=1S/C8H7Cl2NOS/c1-13(12)11-5-6-2-3-7(9)8(10)4-6/h2-5H,1H3. The Bertz CT molecular complexity index is 365. The van der Waals surface area contributed by atoms with Crippen LogP contribution in [0.4, 0.5) is 0 Å². The van der Waals surface area contributed by atoms with Crippen molar-refractivity contribution in [2.45, 2.75) is 0 Å². The minimum Gasteiger partial charge on any atom is -0.235 e. The van der Waals surface area contributed by atoms with E-state index in [2.05, 4.69) is 4.40 Å². The zero-order chi connectivity index (χ0) is 9.84. The van der Waals surface area contributed by atoms with E-state index in [-0.39, 0.29) is 0 Å². The highest BCUT2D eigenvalue weighted by molar-refractivity contribution is 7.83. The van der Waals surface area contributed by atoms with E-state index >= 15 is 0 Å². The molecule has 1 atom stereocenters. The first kappa shape index (κ1) is 10.7. The lowest BCUT2D eigenvalue weighted by molar-refractivity contribution is 0.688. The summed E-state index contributed by atoms with van der Waals surface area (Å²) in [5.41, 5.74) is 0.782. The van der Waals surface area contributed by atoms with Gasteiger partial charge in [0.1, 0.15) is 11.0 Å². The van der Waals surface area contributed by atoms with Gasteiger partial charge in [-0.3, -0.25) is 0 Å². The average Bonchev–Trinajstić information content (AvgIpc) is 2.07. The van der Waals surface area contributed by atoms with Gasteiger partial charge in [-0.05, 0) is 17.7 Å². The maximum atomic E-state index is 10.6. The van der Waals surface area contributed by atoms with Crippen LogP contribution in [-0.4, -0.2) is 16.7 Å². The van der Waals surface area contributed by atoms with Crippen LogP contribution in [0.25, 0.3) is 0 Å². The van der Waals surface area contributed by atoms with Gasteiger partial charge in [0, 0.05) is 12.5 Å². The predicted octanol–water partition coefficient (Wildman–Crippen LogP) is 2.71. The second-order valence-corrected chi connectivity index (χ2v) is 4.20. The normalized spacial score (nSPS) is 13.5. The molecule has 0 saturated carbocycles. The summed E-state index contributed by atoms with van der Waals surface area (Å²) in [5.74, 6) is 0. The van der Waals surface area contributed by atoms with Crippen molar-refractivity contribution in [1.29, 1.82) is 0 Å². The summed E-state index contributed by atoms with van der Waals surface area (Å²) in [6.45, 7) is 0. The molecule has 0 saturated heterocycles. The van der Waals surface area contributed by atoms with Gasteiger partial charge in [0.05, 0.1) is 10.0 Å². The number of hydrogen-bond donors (Lipinski definition) is 0. The fourth-order valence-corrected chi connectivity index (χ4v) is 1.30. The van der Waals surface area contributed by atoms with Crippen LogP contribution in [0, 0.1) is 0 Å². The minimum absolute atomic E-state index is 0.465. The molecule has 13 heavy (non-hydrogen) atoms. The molecule has 0 amide bonds. The Morgan fingerprint density at radius 2 is 2.08 bits per heavy atom. The Morgan fingerprint density at radius 3 is 2.62 bits per heavy atom. The summed E-state index contributed by atoms with van der Waals surface area (Å²) in [6, 6.07) is 5.09. The number of nitrogens with zero attached hydrogens (tertiary/aromatic N) is 1. The van der Waals surface area contributed by atoms with Gasteiger partial charge < -0.3 is 0 Å². The van der Waals surface area contributed by atoms with Gasteiger partial charge in [0.2, 0.25) is 0 Å². The summed E-state index contributed by atoms with van der Waals surface area (Å²) in [7, 11) is -1.18. The molecule has 0 fully saturated rings. The van der Waals surface area contributed by atoms with Crippen molar-refractivity contribution in [2.24, 2.45) is 4.40 Å². The van der Waals surface area contributed by atoms with Gasteiger partial charge in [0.25, 0.3) is 0 Å². The number of benzene rings is 1. The molecule has 1 aromatic carbocycles. The zero-order valence-corrected chi connectivity index (χ0v) is 9.16. The van der Waals surface area contributed by atoms with Gasteiger partial charge in [-0.1, -0.05) is 29.3 Å². The van der Waals surface area contributed by atoms with Crippen LogP contribution in [-0.2, 0) is 11.0 Å². The van der Waals surface area contributed by atoms with E-state index in [4.69, 9.17) is 23.2 Å². The molecule has 1 rings (SSSR count). The average molecular weight is 236 g/mol. The molecule has 0 bridgehead atoms. The summed E-state index contributed by atoms with van der Waals surface area (Å²) < 4.78 is 14.3. The Hall–Kier alpha value is -0.380. The number of rotatable bonds is 2. The van der Waals surface area contributed by atoms with E-state index in [1.54, 1.807) is 18.2 Å². The molecule has 0 aromatic heterocycles.